The lowest BCUT2D eigenvalue weighted by Crippen LogP contribution is -2.63. The van der Waals surface area contributed by atoms with Gasteiger partial charge in [0.2, 0.25) is 11.8 Å². The van der Waals surface area contributed by atoms with E-state index in [1.807, 2.05) is 6.26 Å². The van der Waals surface area contributed by atoms with Crippen LogP contribution in [0.2, 0.25) is 0 Å². The van der Waals surface area contributed by atoms with Crippen LogP contribution in [-0.2, 0) is 20.8 Å². The number of amides is 2. The Morgan fingerprint density at radius 1 is 1.33 bits per heavy atom. The molecule has 0 aliphatic carbocycles. The van der Waals surface area contributed by atoms with Gasteiger partial charge in [0.15, 0.2) is 0 Å². The number of carboxylic acid groups (broad SMARTS) is 1. The van der Waals surface area contributed by atoms with Gasteiger partial charge in [0.1, 0.15) is 12.1 Å². The predicted octanol–water partition coefficient (Wildman–Crippen LogP) is -0.611. The first kappa shape index (κ1) is 17.0. The first-order valence-corrected chi connectivity index (χ1v) is 7.60. The number of H-pyrrole nitrogens is 1. The first-order valence-electron chi connectivity index (χ1n) is 6.20. The van der Waals surface area contributed by atoms with Gasteiger partial charge in [-0.3, -0.25) is 14.4 Å². The Hall–Kier alpha value is -2.03. The van der Waals surface area contributed by atoms with Crippen molar-refractivity contribution >= 4 is 29.5 Å². The fourth-order valence-corrected chi connectivity index (χ4v) is 2.29. The number of carboxylic acids is 1. The largest absolute Gasteiger partial charge is 0.481 e. The van der Waals surface area contributed by atoms with Gasteiger partial charge >= 0.3 is 0 Å². The highest BCUT2D eigenvalue weighted by atomic mass is 32.2. The third kappa shape index (κ3) is 5.86. The minimum Gasteiger partial charge on any atom is -0.481 e. The minimum atomic E-state index is -0.833. The second kappa shape index (κ2) is 8.30. The molecule has 1 fully saturated rings. The van der Waals surface area contributed by atoms with Crippen LogP contribution in [-0.4, -0.2) is 57.0 Å². The zero-order chi connectivity index (χ0) is 15.8. The number of aliphatic carboxylic acids is 1. The molecule has 1 aromatic rings. The molecule has 2 amide bonds. The summed E-state index contributed by atoms with van der Waals surface area (Å²) in [5.41, 5.74) is 0.828. The van der Waals surface area contributed by atoms with E-state index < -0.39 is 18.1 Å². The molecule has 21 heavy (non-hydrogen) atoms. The highest BCUT2D eigenvalue weighted by molar-refractivity contribution is 7.98. The van der Waals surface area contributed by atoms with Crippen LogP contribution in [0.1, 0.15) is 12.6 Å². The monoisotopic (exact) mass is 314 g/mol. The van der Waals surface area contributed by atoms with E-state index in [4.69, 9.17) is 9.90 Å². The van der Waals surface area contributed by atoms with Gasteiger partial charge in [-0.2, -0.15) is 11.8 Å². The molecule has 1 aromatic heterocycles. The highest BCUT2D eigenvalue weighted by Gasteiger charge is 2.33. The van der Waals surface area contributed by atoms with E-state index >= 15 is 0 Å². The van der Waals surface area contributed by atoms with E-state index in [0.717, 1.165) is 12.6 Å². The van der Waals surface area contributed by atoms with Gasteiger partial charge in [-0.05, 0) is 6.26 Å². The number of carbonyl (C=O) groups is 3. The summed E-state index contributed by atoms with van der Waals surface area (Å²) in [6.07, 6.45) is 5.53. The second-order valence-corrected chi connectivity index (χ2v) is 5.29. The van der Waals surface area contributed by atoms with Gasteiger partial charge in [-0.25, -0.2) is 4.98 Å². The number of carbonyl (C=O) groups excluding carboxylic acids is 2. The fourth-order valence-electron chi connectivity index (χ4n) is 1.72. The summed E-state index contributed by atoms with van der Waals surface area (Å²) in [7, 11) is 0. The van der Waals surface area contributed by atoms with Crippen LogP contribution in [0.3, 0.4) is 0 Å². The Kier molecular flexibility index (Phi) is 6.73. The molecule has 2 rings (SSSR count). The zero-order valence-corrected chi connectivity index (χ0v) is 12.6. The van der Waals surface area contributed by atoms with E-state index in [9.17, 15) is 9.59 Å². The number of aromatic amines is 1. The quantitative estimate of drug-likeness (QED) is 0.588. The van der Waals surface area contributed by atoms with E-state index in [-0.39, 0.29) is 11.8 Å². The fraction of sp³-hybridized carbons (Fsp3) is 0.500. The number of hydrogen-bond acceptors (Lipinski definition) is 5. The lowest BCUT2D eigenvalue weighted by molar-refractivity contribution is -0.136. The number of piperazine rings is 1. The van der Waals surface area contributed by atoms with E-state index in [1.165, 1.54) is 11.8 Å². The summed E-state index contributed by atoms with van der Waals surface area (Å²) < 4.78 is 0. The Labute approximate surface area is 126 Å². The van der Waals surface area contributed by atoms with Gasteiger partial charge in [-0.15, -0.1) is 0 Å². The summed E-state index contributed by atoms with van der Waals surface area (Å²) in [6.45, 7) is 1.08. The normalized spacial score (nSPS) is 20.9. The van der Waals surface area contributed by atoms with Crippen molar-refractivity contribution < 1.29 is 19.5 Å². The summed E-state index contributed by atoms with van der Waals surface area (Å²) in [5.74, 6) is -0.504. The third-order valence-corrected chi connectivity index (χ3v) is 3.24. The van der Waals surface area contributed by atoms with E-state index in [0.29, 0.717) is 12.2 Å². The van der Waals surface area contributed by atoms with Crippen LogP contribution in [0.4, 0.5) is 0 Å². The molecular weight excluding hydrogens is 296 g/mol. The van der Waals surface area contributed by atoms with Crippen LogP contribution in [0, 0.1) is 0 Å². The molecule has 1 aliphatic rings. The van der Waals surface area contributed by atoms with E-state index in [2.05, 4.69) is 20.6 Å². The summed E-state index contributed by atoms with van der Waals surface area (Å²) in [4.78, 5) is 39.3. The number of rotatable bonds is 4. The molecule has 0 bridgehead atoms. The highest BCUT2D eigenvalue weighted by Crippen LogP contribution is 2.06. The van der Waals surface area contributed by atoms with Crippen molar-refractivity contribution in [1.82, 2.24) is 20.6 Å². The topological polar surface area (TPSA) is 124 Å². The maximum Gasteiger partial charge on any atom is 0.300 e. The van der Waals surface area contributed by atoms with Gasteiger partial charge in [0.05, 0.1) is 6.33 Å². The van der Waals surface area contributed by atoms with E-state index in [1.54, 1.807) is 12.5 Å². The second-order valence-electron chi connectivity index (χ2n) is 4.38. The summed E-state index contributed by atoms with van der Waals surface area (Å²) >= 11 is 1.53. The molecule has 2 heterocycles. The molecule has 116 valence electrons. The number of nitrogens with one attached hydrogen (secondary N) is 3. The molecule has 9 heteroatoms. The Balaban J connectivity index is 0.000000491. The lowest BCUT2D eigenvalue weighted by Gasteiger charge is -2.28. The molecule has 0 spiro atoms. The van der Waals surface area contributed by atoms with Gasteiger partial charge in [0.25, 0.3) is 5.97 Å². The molecule has 1 aliphatic heterocycles. The Morgan fingerprint density at radius 3 is 2.43 bits per heavy atom. The lowest BCUT2D eigenvalue weighted by atomic mass is 10.1. The summed E-state index contributed by atoms with van der Waals surface area (Å²) in [5, 5.41) is 12.9. The van der Waals surface area contributed by atoms with Gasteiger partial charge < -0.3 is 20.7 Å². The van der Waals surface area contributed by atoms with Crippen LogP contribution >= 0.6 is 11.8 Å². The average molecular weight is 314 g/mol. The van der Waals surface area contributed by atoms with Crippen molar-refractivity contribution in [2.75, 3.05) is 12.0 Å². The SMILES string of the molecule is CC(=O)O.CSC[C@@H]1NC(=O)[C@H](Cc2cnc[nH]2)NC1=O. The van der Waals surface area contributed by atoms with Crippen LogP contribution < -0.4 is 10.6 Å². The van der Waals surface area contributed by atoms with Crippen molar-refractivity contribution in [1.29, 1.82) is 0 Å². The van der Waals surface area contributed by atoms with Crippen molar-refractivity contribution in [3.05, 3.63) is 18.2 Å². The van der Waals surface area contributed by atoms with Crippen molar-refractivity contribution in [3.8, 4) is 0 Å². The van der Waals surface area contributed by atoms with Crippen molar-refractivity contribution in [2.45, 2.75) is 25.4 Å². The number of imidazole rings is 1. The number of nitrogens with zero attached hydrogens (tertiary/aromatic N) is 1. The molecule has 8 nitrogen and oxygen atoms in total. The van der Waals surface area contributed by atoms with Crippen LogP contribution in [0.5, 0.6) is 0 Å². The number of thioether (sulfide) groups is 1. The Morgan fingerprint density at radius 2 is 1.90 bits per heavy atom. The average Bonchev–Trinajstić information content (AvgIpc) is 2.88. The van der Waals surface area contributed by atoms with Gasteiger partial charge in [-0.1, -0.05) is 0 Å². The molecule has 0 radical (unpaired) electrons. The summed E-state index contributed by atoms with van der Waals surface area (Å²) in [6, 6.07) is -0.934. The zero-order valence-electron chi connectivity index (χ0n) is 11.8. The Bertz CT molecular complexity index is 487. The first-order chi connectivity index (χ1) is 9.93. The molecule has 0 aromatic carbocycles. The molecular formula is C12H18N4O4S. The molecule has 4 N–H and O–H groups in total. The third-order valence-electron chi connectivity index (χ3n) is 2.58. The molecule has 0 saturated carbocycles. The van der Waals surface area contributed by atoms with Crippen molar-refractivity contribution in [2.24, 2.45) is 0 Å². The van der Waals surface area contributed by atoms with Crippen LogP contribution in [0.25, 0.3) is 0 Å². The van der Waals surface area contributed by atoms with Crippen LogP contribution in [0.15, 0.2) is 12.5 Å². The molecule has 1 saturated heterocycles. The number of hydrogen-bond donors (Lipinski definition) is 4. The molecule has 2 atom stereocenters. The smallest absolute Gasteiger partial charge is 0.300 e. The maximum atomic E-state index is 11.8. The van der Waals surface area contributed by atoms with Gasteiger partial charge in [0, 0.05) is 31.0 Å². The standard InChI is InChI=1S/C10H14N4O2S.C2H4O2/c1-17-4-8-10(16)13-7(9(15)14-8)2-6-3-11-5-12-6;1-2(3)4/h3,5,7-8H,2,4H2,1H3,(H,11,12)(H,13,16)(H,14,15);1H3,(H,3,4)/t7-,8-;/m0./s1. The predicted molar refractivity (Wildman–Crippen MR) is 77.8 cm³/mol. The van der Waals surface area contributed by atoms with Crippen molar-refractivity contribution in [3.63, 3.8) is 0 Å². The number of aromatic nitrogens is 2. The molecule has 0 unspecified atom stereocenters. The minimum absolute atomic E-state index is 0.122. The maximum absolute atomic E-state index is 11.8.